The molecule has 0 radical (unpaired) electrons. The standard InChI is InChI=1S/C15H28N2S2/c1-7-8-12-13(9-16-15(4,5)6)19-14(17-12)10-18-11(2)3/h11,16H,7-10H2,1-6H3. The first-order valence-electron chi connectivity index (χ1n) is 7.16. The summed E-state index contributed by atoms with van der Waals surface area (Å²) < 4.78 is 0. The monoisotopic (exact) mass is 300 g/mol. The smallest absolute Gasteiger partial charge is 0.103 e. The number of aryl methyl sites for hydroxylation is 1. The third kappa shape index (κ3) is 6.77. The van der Waals surface area contributed by atoms with Crippen LogP contribution in [-0.4, -0.2) is 15.8 Å². The van der Waals surface area contributed by atoms with Gasteiger partial charge in [-0.25, -0.2) is 4.98 Å². The number of thioether (sulfide) groups is 1. The third-order valence-electron chi connectivity index (χ3n) is 2.63. The Balaban J connectivity index is 2.71. The lowest BCUT2D eigenvalue weighted by molar-refractivity contribution is 0.425. The first-order valence-corrected chi connectivity index (χ1v) is 9.02. The molecular weight excluding hydrogens is 272 g/mol. The molecule has 0 aliphatic rings. The second kappa shape index (κ2) is 7.65. The highest BCUT2D eigenvalue weighted by atomic mass is 32.2. The molecule has 4 heteroatoms. The van der Waals surface area contributed by atoms with Crippen LogP contribution in [0.1, 0.15) is 63.5 Å². The highest BCUT2D eigenvalue weighted by Gasteiger charge is 2.14. The number of nitrogens with zero attached hydrogens (tertiary/aromatic N) is 1. The first kappa shape index (κ1) is 17.0. The van der Waals surface area contributed by atoms with Crippen LogP contribution in [0.3, 0.4) is 0 Å². The number of hydrogen-bond acceptors (Lipinski definition) is 4. The van der Waals surface area contributed by atoms with Crippen molar-refractivity contribution in [3.8, 4) is 0 Å². The van der Waals surface area contributed by atoms with Crippen molar-refractivity contribution in [2.75, 3.05) is 0 Å². The molecule has 0 fully saturated rings. The Morgan fingerprint density at radius 2 is 2.00 bits per heavy atom. The van der Waals surface area contributed by atoms with E-state index >= 15 is 0 Å². The summed E-state index contributed by atoms with van der Waals surface area (Å²) in [5.74, 6) is 1.05. The number of hydrogen-bond donors (Lipinski definition) is 1. The molecule has 1 aromatic rings. The van der Waals surface area contributed by atoms with Gasteiger partial charge in [0.05, 0.1) is 5.69 Å². The lowest BCUT2D eigenvalue weighted by Crippen LogP contribution is -2.35. The lowest BCUT2D eigenvalue weighted by Gasteiger charge is -2.20. The van der Waals surface area contributed by atoms with Gasteiger partial charge in [0.2, 0.25) is 0 Å². The van der Waals surface area contributed by atoms with Crippen LogP contribution in [0.2, 0.25) is 0 Å². The highest BCUT2D eigenvalue weighted by Crippen LogP contribution is 2.25. The van der Waals surface area contributed by atoms with E-state index in [0.717, 1.165) is 18.7 Å². The molecule has 0 amide bonds. The van der Waals surface area contributed by atoms with E-state index in [-0.39, 0.29) is 5.54 Å². The van der Waals surface area contributed by atoms with Crippen molar-refractivity contribution in [3.05, 3.63) is 15.6 Å². The predicted molar refractivity (Wildman–Crippen MR) is 89.1 cm³/mol. The van der Waals surface area contributed by atoms with Crippen molar-refractivity contribution in [3.63, 3.8) is 0 Å². The van der Waals surface area contributed by atoms with Gasteiger partial charge in [-0.15, -0.1) is 11.3 Å². The zero-order valence-corrected chi connectivity index (χ0v) is 14.8. The van der Waals surface area contributed by atoms with Gasteiger partial charge >= 0.3 is 0 Å². The molecule has 0 saturated heterocycles. The van der Waals surface area contributed by atoms with Crippen LogP contribution in [-0.2, 0) is 18.7 Å². The molecule has 0 atom stereocenters. The maximum atomic E-state index is 4.83. The fourth-order valence-electron chi connectivity index (χ4n) is 1.65. The quantitative estimate of drug-likeness (QED) is 0.795. The largest absolute Gasteiger partial charge is 0.307 e. The molecule has 0 bridgehead atoms. The van der Waals surface area contributed by atoms with Crippen LogP contribution in [0, 0.1) is 0 Å². The summed E-state index contributed by atoms with van der Waals surface area (Å²) >= 11 is 3.86. The van der Waals surface area contributed by atoms with Crippen LogP contribution in [0.15, 0.2) is 0 Å². The van der Waals surface area contributed by atoms with Crippen LogP contribution < -0.4 is 5.32 Å². The van der Waals surface area contributed by atoms with E-state index in [4.69, 9.17) is 4.98 Å². The molecular formula is C15H28N2S2. The molecule has 1 aromatic heterocycles. The molecule has 1 heterocycles. The van der Waals surface area contributed by atoms with Gasteiger partial charge in [0.25, 0.3) is 0 Å². The Kier molecular flexibility index (Phi) is 6.84. The van der Waals surface area contributed by atoms with Gasteiger partial charge in [-0.3, -0.25) is 0 Å². The van der Waals surface area contributed by atoms with Crippen molar-refractivity contribution >= 4 is 23.1 Å². The van der Waals surface area contributed by atoms with Crippen molar-refractivity contribution in [2.45, 2.75) is 77.5 Å². The topological polar surface area (TPSA) is 24.9 Å². The Hall–Kier alpha value is -0.0600. The number of thiazole rings is 1. The summed E-state index contributed by atoms with van der Waals surface area (Å²) in [5.41, 5.74) is 1.48. The Bertz CT molecular complexity index is 378. The molecule has 0 aromatic carbocycles. The molecule has 0 spiro atoms. The Morgan fingerprint density at radius 3 is 2.53 bits per heavy atom. The maximum Gasteiger partial charge on any atom is 0.103 e. The molecule has 0 aliphatic carbocycles. The average molecular weight is 301 g/mol. The minimum absolute atomic E-state index is 0.167. The van der Waals surface area contributed by atoms with E-state index in [2.05, 4.69) is 46.9 Å². The molecule has 0 unspecified atom stereocenters. The third-order valence-corrected chi connectivity index (χ3v) is 5.02. The number of nitrogens with one attached hydrogen (secondary N) is 1. The summed E-state index contributed by atoms with van der Waals surface area (Å²) in [7, 11) is 0. The van der Waals surface area contributed by atoms with Gasteiger partial charge in [-0.1, -0.05) is 27.2 Å². The second-order valence-corrected chi connectivity index (χ2v) is 8.92. The summed E-state index contributed by atoms with van der Waals surface area (Å²) in [6, 6.07) is 0. The van der Waals surface area contributed by atoms with E-state index < -0.39 is 0 Å². The van der Waals surface area contributed by atoms with Crippen molar-refractivity contribution in [1.29, 1.82) is 0 Å². The molecule has 2 nitrogen and oxygen atoms in total. The zero-order chi connectivity index (χ0) is 14.5. The molecule has 19 heavy (non-hydrogen) atoms. The van der Waals surface area contributed by atoms with Gasteiger partial charge in [0.15, 0.2) is 0 Å². The van der Waals surface area contributed by atoms with Crippen LogP contribution in [0.4, 0.5) is 0 Å². The van der Waals surface area contributed by atoms with Gasteiger partial charge in [-0.2, -0.15) is 11.8 Å². The molecule has 1 N–H and O–H groups in total. The summed E-state index contributed by atoms with van der Waals surface area (Å²) in [6.45, 7) is 14.3. The molecule has 1 rings (SSSR count). The van der Waals surface area contributed by atoms with E-state index in [0.29, 0.717) is 5.25 Å². The predicted octanol–water partition coefficient (Wildman–Crippen LogP) is 4.63. The van der Waals surface area contributed by atoms with Gasteiger partial charge in [0, 0.05) is 22.7 Å². The fourth-order valence-corrected chi connectivity index (χ4v) is 3.48. The van der Waals surface area contributed by atoms with E-state index in [1.165, 1.54) is 22.0 Å². The summed E-state index contributed by atoms with van der Waals surface area (Å²) in [4.78, 5) is 6.26. The SMILES string of the molecule is CCCc1nc(CSC(C)C)sc1CNC(C)(C)C. The minimum atomic E-state index is 0.167. The first-order chi connectivity index (χ1) is 8.81. The van der Waals surface area contributed by atoms with Crippen LogP contribution in [0.5, 0.6) is 0 Å². The van der Waals surface area contributed by atoms with E-state index in [1.54, 1.807) is 0 Å². The Labute approximate surface area is 126 Å². The summed E-state index contributed by atoms with van der Waals surface area (Å²) in [5, 5.41) is 5.54. The second-order valence-electron chi connectivity index (χ2n) is 6.19. The van der Waals surface area contributed by atoms with Crippen molar-refractivity contribution in [2.24, 2.45) is 0 Å². The van der Waals surface area contributed by atoms with E-state index in [9.17, 15) is 0 Å². The van der Waals surface area contributed by atoms with Crippen LogP contribution >= 0.6 is 23.1 Å². The lowest BCUT2D eigenvalue weighted by atomic mass is 10.1. The molecule has 0 aliphatic heterocycles. The Morgan fingerprint density at radius 1 is 1.32 bits per heavy atom. The molecule has 110 valence electrons. The fraction of sp³-hybridized carbons (Fsp3) is 0.800. The van der Waals surface area contributed by atoms with Crippen molar-refractivity contribution < 1.29 is 0 Å². The number of rotatable bonds is 7. The summed E-state index contributed by atoms with van der Waals surface area (Å²) in [6.07, 6.45) is 2.27. The zero-order valence-electron chi connectivity index (χ0n) is 13.2. The van der Waals surface area contributed by atoms with Gasteiger partial charge in [0.1, 0.15) is 5.01 Å². The normalized spacial score (nSPS) is 12.4. The number of aromatic nitrogens is 1. The van der Waals surface area contributed by atoms with Gasteiger partial charge < -0.3 is 5.32 Å². The maximum absolute atomic E-state index is 4.83. The average Bonchev–Trinajstić information content (AvgIpc) is 2.66. The van der Waals surface area contributed by atoms with Crippen molar-refractivity contribution in [1.82, 2.24) is 10.3 Å². The van der Waals surface area contributed by atoms with Crippen LogP contribution in [0.25, 0.3) is 0 Å². The minimum Gasteiger partial charge on any atom is -0.307 e. The van der Waals surface area contributed by atoms with E-state index in [1.807, 2.05) is 23.1 Å². The molecule has 0 saturated carbocycles. The van der Waals surface area contributed by atoms with Gasteiger partial charge in [-0.05, 0) is 32.4 Å². The highest BCUT2D eigenvalue weighted by molar-refractivity contribution is 7.99.